The number of rotatable bonds is 9. The van der Waals surface area contributed by atoms with Crippen molar-refractivity contribution in [3.05, 3.63) is 0 Å². The highest BCUT2D eigenvalue weighted by atomic mass is 16.5. The van der Waals surface area contributed by atoms with E-state index < -0.39 is 0 Å². The first-order valence-corrected chi connectivity index (χ1v) is 7.25. The molecule has 1 unspecified atom stereocenters. The van der Waals surface area contributed by atoms with Crippen molar-refractivity contribution in [1.82, 2.24) is 5.32 Å². The van der Waals surface area contributed by atoms with Crippen LogP contribution in [0.25, 0.3) is 0 Å². The summed E-state index contributed by atoms with van der Waals surface area (Å²) in [5.74, 6) is 1.00. The van der Waals surface area contributed by atoms with E-state index in [9.17, 15) is 4.79 Å². The summed E-state index contributed by atoms with van der Waals surface area (Å²) in [6.07, 6.45) is 9.53. The lowest BCUT2D eigenvalue weighted by Crippen LogP contribution is -2.32. The van der Waals surface area contributed by atoms with Gasteiger partial charge in [0, 0.05) is 20.2 Å². The van der Waals surface area contributed by atoms with Crippen LogP contribution in [0.2, 0.25) is 0 Å². The fourth-order valence-electron chi connectivity index (χ4n) is 2.63. The summed E-state index contributed by atoms with van der Waals surface area (Å²) in [6.45, 7) is 1.18. The van der Waals surface area contributed by atoms with Gasteiger partial charge in [-0.05, 0) is 12.3 Å². The SMILES string of the molecule is COC(CN)CC(=O)NCCCCC1CCCC1. The van der Waals surface area contributed by atoms with Crippen LogP contribution in [0.4, 0.5) is 0 Å². The maximum atomic E-state index is 11.5. The lowest BCUT2D eigenvalue weighted by atomic mass is 10.0. The summed E-state index contributed by atoms with van der Waals surface area (Å²) in [5.41, 5.74) is 5.47. The van der Waals surface area contributed by atoms with E-state index in [-0.39, 0.29) is 12.0 Å². The van der Waals surface area contributed by atoms with E-state index in [0.29, 0.717) is 13.0 Å². The summed E-state index contributed by atoms with van der Waals surface area (Å²) < 4.78 is 5.08. The first-order valence-electron chi connectivity index (χ1n) is 7.25. The van der Waals surface area contributed by atoms with Crippen LogP contribution in [-0.2, 0) is 9.53 Å². The molecule has 18 heavy (non-hydrogen) atoms. The van der Waals surface area contributed by atoms with Gasteiger partial charge in [-0.25, -0.2) is 0 Å². The quantitative estimate of drug-likeness (QED) is 0.619. The third-order valence-corrected chi connectivity index (χ3v) is 3.85. The number of carbonyl (C=O) groups excluding carboxylic acids is 1. The normalized spacial score (nSPS) is 17.9. The molecule has 106 valence electrons. The Morgan fingerprint density at radius 3 is 2.72 bits per heavy atom. The number of nitrogens with one attached hydrogen (secondary N) is 1. The molecule has 1 saturated carbocycles. The third kappa shape index (κ3) is 6.36. The first-order chi connectivity index (χ1) is 8.76. The van der Waals surface area contributed by atoms with Crippen LogP contribution < -0.4 is 11.1 Å². The minimum absolute atomic E-state index is 0.0492. The van der Waals surface area contributed by atoms with Crippen LogP contribution in [0.5, 0.6) is 0 Å². The van der Waals surface area contributed by atoms with Gasteiger partial charge in [-0.3, -0.25) is 4.79 Å². The van der Waals surface area contributed by atoms with E-state index in [4.69, 9.17) is 10.5 Å². The average Bonchev–Trinajstić information content (AvgIpc) is 2.88. The molecule has 1 amide bonds. The summed E-state index contributed by atoms with van der Waals surface area (Å²) in [6, 6.07) is 0. The number of hydrogen-bond acceptors (Lipinski definition) is 3. The summed E-state index contributed by atoms with van der Waals surface area (Å²) in [7, 11) is 1.59. The van der Waals surface area contributed by atoms with Gasteiger partial charge in [0.05, 0.1) is 12.5 Å². The second-order valence-corrected chi connectivity index (χ2v) is 5.29. The fourth-order valence-corrected chi connectivity index (χ4v) is 2.63. The Morgan fingerprint density at radius 1 is 1.39 bits per heavy atom. The summed E-state index contributed by atoms with van der Waals surface area (Å²) >= 11 is 0. The minimum Gasteiger partial charge on any atom is -0.380 e. The molecule has 4 nitrogen and oxygen atoms in total. The average molecular weight is 256 g/mol. The van der Waals surface area contributed by atoms with Gasteiger partial charge < -0.3 is 15.8 Å². The van der Waals surface area contributed by atoms with Crippen LogP contribution >= 0.6 is 0 Å². The molecule has 0 aromatic rings. The van der Waals surface area contributed by atoms with Gasteiger partial charge in [-0.1, -0.05) is 38.5 Å². The molecule has 1 rings (SSSR count). The number of amides is 1. The number of unbranched alkanes of at least 4 members (excludes halogenated alkanes) is 1. The van der Waals surface area contributed by atoms with E-state index in [0.717, 1.165) is 18.9 Å². The van der Waals surface area contributed by atoms with Crippen molar-refractivity contribution in [1.29, 1.82) is 0 Å². The van der Waals surface area contributed by atoms with Crippen molar-refractivity contribution < 1.29 is 9.53 Å². The zero-order valence-electron chi connectivity index (χ0n) is 11.6. The Balaban J connectivity index is 1.94. The van der Waals surface area contributed by atoms with E-state index in [1.807, 2.05) is 0 Å². The molecule has 1 atom stereocenters. The van der Waals surface area contributed by atoms with Gasteiger partial charge in [0.1, 0.15) is 0 Å². The molecule has 0 aromatic heterocycles. The number of nitrogens with two attached hydrogens (primary N) is 1. The second kappa shape index (κ2) is 9.34. The topological polar surface area (TPSA) is 64.3 Å². The highest BCUT2D eigenvalue weighted by Gasteiger charge is 2.14. The number of carbonyl (C=O) groups is 1. The van der Waals surface area contributed by atoms with Crippen molar-refractivity contribution in [3.8, 4) is 0 Å². The zero-order chi connectivity index (χ0) is 13.2. The summed E-state index contributed by atoms with van der Waals surface area (Å²) in [4.78, 5) is 11.5. The smallest absolute Gasteiger partial charge is 0.222 e. The molecular formula is C14H28N2O2. The van der Waals surface area contributed by atoms with Crippen molar-refractivity contribution in [2.75, 3.05) is 20.2 Å². The molecule has 3 N–H and O–H groups in total. The van der Waals surface area contributed by atoms with Crippen LogP contribution in [-0.4, -0.2) is 32.2 Å². The number of methoxy groups -OCH3 is 1. The van der Waals surface area contributed by atoms with Gasteiger partial charge in [0.2, 0.25) is 5.91 Å². The van der Waals surface area contributed by atoms with Gasteiger partial charge in [-0.15, -0.1) is 0 Å². The van der Waals surface area contributed by atoms with Crippen LogP contribution in [0, 0.1) is 5.92 Å². The van der Waals surface area contributed by atoms with Gasteiger partial charge in [-0.2, -0.15) is 0 Å². The van der Waals surface area contributed by atoms with E-state index in [1.165, 1.54) is 38.5 Å². The molecule has 0 aliphatic heterocycles. The predicted molar refractivity (Wildman–Crippen MR) is 73.3 cm³/mol. The second-order valence-electron chi connectivity index (χ2n) is 5.29. The molecule has 1 aliphatic rings. The lowest BCUT2D eigenvalue weighted by Gasteiger charge is -2.13. The van der Waals surface area contributed by atoms with Gasteiger partial charge in [0.25, 0.3) is 0 Å². The third-order valence-electron chi connectivity index (χ3n) is 3.85. The van der Waals surface area contributed by atoms with Gasteiger partial charge in [0.15, 0.2) is 0 Å². The van der Waals surface area contributed by atoms with E-state index in [1.54, 1.807) is 7.11 Å². The van der Waals surface area contributed by atoms with E-state index in [2.05, 4.69) is 5.32 Å². The fraction of sp³-hybridized carbons (Fsp3) is 0.929. The zero-order valence-corrected chi connectivity index (χ0v) is 11.6. The highest BCUT2D eigenvalue weighted by Crippen LogP contribution is 2.28. The Morgan fingerprint density at radius 2 is 2.11 bits per heavy atom. The number of hydrogen-bond donors (Lipinski definition) is 2. The minimum atomic E-state index is -0.150. The molecule has 1 fully saturated rings. The maximum Gasteiger partial charge on any atom is 0.222 e. The van der Waals surface area contributed by atoms with Crippen molar-refractivity contribution in [2.45, 2.75) is 57.5 Å². The standard InChI is InChI=1S/C14H28N2O2/c1-18-13(11-15)10-14(17)16-9-5-4-8-12-6-2-3-7-12/h12-13H,2-11,15H2,1H3,(H,16,17). The molecule has 0 heterocycles. The van der Waals surface area contributed by atoms with Gasteiger partial charge >= 0.3 is 0 Å². The molecule has 0 saturated heterocycles. The molecule has 0 bridgehead atoms. The molecule has 0 aromatic carbocycles. The maximum absolute atomic E-state index is 11.5. The Kier molecular flexibility index (Phi) is 8.01. The predicted octanol–water partition coefficient (Wildman–Crippen LogP) is 1.83. The Hall–Kier alpha value is -0.610. The Labute approximate surface area is 111 Å². The van der Waals surface area contributed by atoms with Crippen molar-refractivity contribution >= 4 is 5.91 Å². The van der Waals surface area contributed by atoms with Crippen molar-refractivity contribution in [2.24, 2.45) is 11.7 Å². The molecule has 1 aliphatic carbocycles. The Bertz CT molecular complexity index is 224. The van der Waals surface area contributed by atoms with Crippen LogP contribution in [0.1, 0.15) is 51.4 Å². The van der Waals surface area contributed by atoms with Crippen LogP contribution in [0.3, 0.4) is 0 Å². The van der Waals surface area contributed by atoms with Crippen LogP contribution in [0.15, 0.2) is 0 Å². The molecule has 0 spiro atoms. The summed E-state index contributed by atoms with van der Waals surface area (Å²) in [5, 5.41) is 2.93. The monoisotopic (exact) mass is 256 g/mol. The molecule has 0 radical (unpaired) electrons. The molecular weight excluding hydrogens is 228 g/mol. The first kappa shape index (κ1) is 15.4. The van der Waals surface area contributed by atoms with E-state index >= 15 is 0 Å². The lowest BCUT2D eigenvalue weighted by molar-refractivity contribution is -0.123. The highest BCUT2D eigenvalue weighted by molar-refractivity contribution is 5.76. The largest absolute Gasteiger partial charge is 0.380 e. The number of ether oxygens (including phenoxy) is 1. The van der Waals surface area contributed by atoms with Crippen molar-refractivity contribution in [3.63, 3.8) is 0 Å². The molecule has 4 heteroatoms.